The maximum Gasteiger partial charge on any atom is 0.286 e. The number of carbonyl (C=O) groups excluding carboxylic acids is 1. The van der Waals surface area contributed by atoms with Gasteiger partial charge in [0.15, 0.2) is 0 Å². The fraction of sp³-hybridized carbons (Fsp3) is 0.533. The summed E-state index contributed by atoms with van der Waals surface area (Å²) in [7, 11) is 0. The van der Waals surface area contributed by atoms with Crippen LogP contribution in [0.25, 0.3) is 0 Å². The minimum absolute atomic E-state index is 0.307. The number of carbonyl (C=O) groups is 1. The number of aryl methyl sites for hydroxylation is 1. The first-order chi connectivity index (χ1) is 9.22. The summed E-state index contributed by atoms with van der Waals surface area (Å²) in [5.41, 5.74) is 1.30. The zero-order chi connectivity index (χ0) is 13.9. The summed E-state index contributed by atoms with van der Waals surface area (Å²) in [6.07, 6.45) is 5.61. The molecule has 0 saturated carbocycles. The second-order valence-electron chi connectivity index (χ2n) is 4.66. The fourth-order valence-electron chi connectivity index (χ4n) is 1.78. The number of hydrogen-bond acceptors (Lipinski definition) is 3. The van der Waals surface area contributed by atoms with Crippen LogP contribution >= 0.6 is 11.8 Å². The number of nitroso groups, excluding NO2 is 1. The Morgan fingerprint density at radius 1 is 1.05 bits per heavy atom. The Morgan fingerprint density at radius 3 is 2.37 bits per heavy atom. The molecule has 0 aliphatic carbocycles. The average molecular weight is 279 g/mol. The highest BCUT2D eigenvalue weighted by Gasteiger charge is 1.99. The van der Waals surface area contributed by atoms with Crippen LogP contribution in [0.1, 0.15) is 44.1 Å². The van der Waals surface area contributed by atoms with Crippen molar-refractivity contribution in [1.82, 2.24) is 0 Å². The van der Waals surface area contributed by atoms with Gasteiger partial charge in [-0.2, -0.15) is 0 Å². The number of rotatable bonds is 9. The van der Waals surface area contributed by atoms with E-state index in [0.717, 1.165) is 25.0 Å². The minimum Gasteiger partial charge on any atom is -0.269 e. The lowest BCUT2D eigenvalue weighted by Crippen LogP contribution is -1.91. The van der Waals surface area contributed by atoms with E-state index in [1.807, 2.05) is 11.8 Å². The molecule has 1 aromatic rings. The highest BCUT2D eigenvalue weighted by molar-refractivity contribution is 7.99. The van der Waals surface area contributed by atoms with E-state index >= 15 is 0 Å². The van der Waals surface area contributed by atoms with E-state index in [0.29, 0.717) is 6.42 Å². The first kappa shape index (κ1) is 15.9. The maximum atomic E-state index is 10.6. The molecule has 0 radical (unpaired) electrons. The van der Waals surface area contributed by atoms with Crippen LogP contribution in [0.5, 0.6) is 0 Å². The topological polar surface area (TPSA) is 46.5 Å². The summed E-state index contributed by atoms with van der Waals surface area (Å²) in [6, 6.07) is 8.61. The second-order valence-corrected chi connectivity index (χ2v) is 5.83. The van der Waals surface area contributed by atoms with Gasteiger partial charge in [-0.25, -0.2) is 0 Å². The number of hydrogen-bond donors (Lipinski definition) is 0. The normalized spacial score (nSPS) is 10.4. The maximum absolute atomic E-state index is 10.6. The van der Waals surface area contributed by atoms with Gasteiger partial charge in [0.05, 0.1) is 0 Å². The van der Waals surface area contributed by atoms with E-state index < -0.39 is 5.91 Å². The van der Waals surface area contributed by atoms with Gasteiger partial charge in [-0.05, 0) is 37.7 Å². The fourth-order valence-corrected chi connectivity index (χ4v) is 2.69. The van der Waals surface area contributed by atoms with Crippen LogP contribution in [0.2, 0.25) is 0 Å². The lowest BCUT2D eigenvalue weighted by Gasteiger charge is -2.02. The third-order valence-corrected chi connectivity index (χ3v) is 4.02. The Labute approximate surface area is 119 Å². The Balaban J connectivity index is 1.95. The van der Waals surface area contributed by atoms with Crippen molar-refractivity contribution in [2.75, 3.05) is 5.75 Å². The first-order valence-electron chi connectivity index (χ1n) is 6.78. The molecular formula is C15H21NO2S. The molecule has 0 unspecified atom stereocenters. The summed E-state index contributed by atoms with van der Waals surface area (Å²) in [5, 5.41) is 2.38. The SMILES string of the molecule is Cc1ccc(SCCCCCCCC(=O)N=O)cc1. The first-order valence-corrected chi connectivity index (χ1v) is 7.76. The molecule has 0 atom stereocenters. The molecule has 0 aliphatic heterocycles. The van der Waals surface area contributed by atoms with Crippen molar-refractivity contribution in [1.29, 1.82) is 0 Å². The van der Waals surface area contributed by atoms with Crippen LogP contribution in [0.3, 0.4) is 0 Å². The van der Waals surface area contributed by atoms with E-state index in [2.05, 4.69) is 36.4 Å². The van der Waals surface area contributed by atoms with Gasteiger partial charge < -0.3 is 0 Å². The van der Waals surface area contributed by atoms with E-state index in [9.17, 15) is 9.70 Å². The molecule has 0 bridgehead atoms. The lowest BCUT2D eigenvalue weighted by atomic mass is 10.1. The highest BCUT2D eigenvalue weighted by Crippen LogP contribution is 2.20. The van der Waals surface area contributed by atoms with Crippen LogP contribution in [-0.4, -0.2) is 11.7 Å². The monoisotopic (exact) mass is 279 g/mol. The molecule has 19 heavy (non-hydrogen) atoms. The van der Waals surface area contributed by atoms with E-state index in [-0.39, 0.29) is 0 Å². The van der Waals surface area contributed by atoms with Crippen LogP contribution in [0, 0.1) is 11.8 Å². The van der Waals surface area contributed by atoms with Crippen molar-refractivity contribution in [3.8, 4) is 0 Å². The number of nitrogens with zero attached hydrogens (tertiary/aromatic N) is 1. The number of amides is 1. The Bertz CT molecular complexity index is 390. The summed E-state index contributed by atoms with van der Waals surface area (Å²) in [4.78, 5) is 21.8. The third-order valence-electron chi connectivity index (χ3n) is 2.93. The molecule has 0 N–H and O–H groups in total. The van der Waals surface area contributed by atoms with Gasteiger partial charge in [-0.3, -0.25) is 4.79 Å². The smallest absolute Gasteiger partial charge is 0.269 e. The van der Waals surface area contributed by atoms with Crippen LogP contribution < -0.4 is 0 Å². The number of unbranched alkanes of at least 4 members (excludes halogenated alkanes) is 4. The van der Waals surface area contributed by atoms with Crippen molar-refractivity contribution < 1.29 is 4.79 Å². The van der Waals surface area contributed by atoms with Crippen LogP contribution in [0.4, 0.5) is 0 Å². The zero-order valence-electron chi connectivity index (χ0n) is 11.4. The van der Waals surface area contributed by atoms with Gasteiger partial charge >= 0.3 is 0 Å². The van der Waals surface area contributed by atoms with Gasteiger partial charge in [-0.1, -0.05) is 37.0 Å². The molecule has 0 saturated heterocycles. The van der Waals surface area contributed by atoms with Crippen LogP contribution in [0.15, 0.2) is 34.3 Å². The summed E-state index contributed by atoms with van der Waals surface area (Å²) in [5.74, 6) is 0.618. The molecule has 1 rings (SSSR count). The Kier molecular flexibility index (Phi) is 8.14. The molecular weight excluding hydrogens is 258 g/mol. The van der Waals surface area contributed by atoms with Gasteiger partial charge in [0.25, 0.3) is 5.91 Å². The van der Waals surface area contributed by atoms with Crippen molar-refractivity contribution in [3.63, 3.8) is 0 Å². The summed E-state index contributed by atoms with van der Waals surface area (Å²) >= 11 is 1.89. The van der Waals surface area contributed by atoms with Crippen molar-refractivity contribution >= 4 is 17.7 Å². The molecule has 104 valence electrons. The minimum atomic E-state index is -0.519. The van der Waals surface area contributed by atoms with E-state index in [1.165, 1.54) is 23.3 Å². The predicted octanol–water partition coefficient (Wildman–Crippen LogP) is 4.72. The highest BCUT2D eigenvalue weighted by atomic mass is 32.2. The van der Waals surface area contributed by atoms with Gasteiger partial charge in [0, 0.05) is 16.5 Å². The molecule has 0 aromatic heterocycles. The largest absolute Gasteiger partial charge is 0.286 e. The number of benzene rings is 1. The Morgan fingerprint density at radius 2 is 1.68 bits per heavy atom. The van der Waals surface area contributed by atoms with Crippen molar-refractivity contribution in [2.45, 2.75) is 50.3 Å². The Hall–Kier alpha value is -1.16. The summed E-state index contributed by atoms with van der Waals surface area (Å²) < 4.78 is 0. The second kappa shape index (κ2) is 9.73. The quantitative estimate of drug-likeness (QED) is 0.373. The van der Waals surface area contributed by atoms with Gasteiger partial charge in [0.2, 0.25) is 0 Å². The average Bonchev–Trinajstić information content (AvgIpc) is 2.43. The molecule has 3 nitrogen and oxygen atoms in total. The standard InChI is InChI=1S/C15H21NO2S/c1-13-8-10-14(11-9-13)19-12-6-4-2-3-5-7-15(17)16-18/h8-11H,2-7,12H2,1H3. The van der Waals surface area contributed by atoms with Gasteiger partial charge in [0.1, 0.15) is 0 Å². The molecule has 4 heteroatoms. The summed E-state index contributed by atoms with van der Waals surface area (Å²) in [6.45, 7) is 2.10. The molecule has 1 amide bonds. The van der Waals surface area contributed by atoms with Crippen molar-refractivity contribution in [3.05, 3.63) is 34.7 Å². The molecule has 0 aliphatic rings. The molecule has 0 heterocycles. The predicted molar refractivity (Wildman–Crippen MR) is 80.4 cm³/mol. The van der Waals surface area contributed by atoms with E-state index in [1.54, 1.807) is 0 Å². The lowest BCUT2D eigenvalue weighted by molar-refractivity contribution is -0.118. The van der Waals surface area contributed by atoms with Crippen molar-refractivity contribution in [2.24, 2.45) is 5.18 Å². The molecule has 1 aromatic carbocycles. The van der Waals surface area contributed by atoms with Crippen LogP contribution in [-0.2, 0) is 4.79 Å². The number of thioether (sulfide) groups is 1. The van der Waals surface area contributed by atoms with E-state index in [4.69, 9.17) is 0 Å². The van der Waals surface area contributed by atoms with Gasteiger partial charge in [-0.15, -0.1) is 16.7 Å². The molecule has 0 fully saturated rings. The molecule has 0 spiro atoms. The zero-order valence-corrected chi connectivity index (χ0v) is 12.2. The third kappa shape index (κ3) is 7.78.